The Morgan fingerprint density at radius 1 is 1.44 bits per heavy atom. The van der Waals surface area contributed by atoms with E-state index in [4.69, 9.17) is 11.5 Å². The zero-order valence-electron chi connectivity index (χ0n) is 10.2. The quantitative estimate of drug-likeness (QED) is 0.789. The number of anilines is 1. The maximum Gasteiger partial charge on any atom is 0.240 e. The normalized spacial score (nSPS) is 12.3. The first-order chi connectivity index (χ1) is 8.59. The van der Waals surface area contributed by atoms with Crippen molar-refractivity contribution in [3.05, 3.63) is 48.0 Å². The first-order valence-corrected chi connectivity index (χ1v) is 5.74. The van der Waals surface area contributed by atoms with Crippen LogP contribution in [0.15, 0.2) is 36.7 Å². The summed E-state index contributed by atoms with van der Waals surface area (Å²) in [4.78, 5) is 15.5. The number of nitrogens with two attached hydrogens (primary N) is 2. The number of carbonyl (C=O) groups excluding carboxylic acids is 1. The molecule has 5 heteroatoms. The highest BCUT2D eigenvalue weighted by Gasteiger charge is 2.15. The van der Waals surface area contributed by atoms with E-state index >= 15 is 0 Å². The molecule has 0 aliphatic carbocycles. The number of nitrogens with zero attached hydrogens (tertiary/aromatic N) is 2. The number of para-hydroxylation sites is 1. The van der Waals surface area contributed by atoms with Gasteiger partial charge in [0.25, 0.3) is 0 Å². The second kappa shape index (κ2) is 4.91. The molecule has 1 amide bonds. The summed E-state index contributed by atoms with van der Waals surface area (Å²) in [7, 11) is 0. The highest BCUT2D eigenvalue weighted by Crippen LogP contribution is 2.17. The van der Waals surface area contributed by atoms with E-state index in [1.54, 1.807) is 23.9 Å². The van der Waals surface area contributed by atoms with E-state index in [1.165, 1.54) is 0 Å². The van der Waals surface area contributed by atoms with Crippen LogP contribution in [0, 0.1) is 0 Å². The van der Waals surface area contributed by atoms with Crippen LogP contribution in [-0.2, 0) is 11.2 Å². The Balaban J connectivity index is 2.28. The van der Waals surface area contributed by atoms with E-state index in [0.717, 1.165) is 17.1 Å². The molecule has 18 heavy (non-hydrogen) atoms. The van der Waals surface area contributed by atoms with E-state index in [0.29, 0.717) is 6.42 Å². The SMILES string of the molecule is CC(C(N)=O)n1ccnc1Cc1ccccc1N. The standard InChI is InChI=1S/C13H16N4O/c1-9(13(15)18)17-7-6-16-12(17)8-10-4-2-3-5-11(10)14/h2-7,9H,8,14H2,1H3,(H2,15,18). The fourth-order valence-electron chi connectivity index (χ4n) is 1.84. The van der Waals surface area contributed by atoms with Crippen LogP contribution in [0.2, 0.25) is 0 Å². The predicted molar refractivity (Wildman–Crippen MR) is 69.8 cm³/mol. The molecule has 0 spiro atoms. The van der Waals surface area contributed by atoms with Crippen LogP contribution < -0.4 is 11.5 Å². The Labute approximate surface area is 105 Å². The Bertz CT molecular complexity index is 562. The first-order valence-electron chi connectivity index (χ1n) is 5.74. The molecule has 1 unspecified atom stereocenters. The fourth-order valence-corrected chi connectivity index (χ4v) is 1.84. The second-order valence-electron chi connectivity index (χ2n) is 4.20. The molecule has 0 aliphatic heterocycles. The number of hydrogen-bond donors (Lipinski definition) is 2. The fraction of sp³-hybridized carbons (Fsp3) is 0.231. The van der Waals surface area contributed by atoms with Gasteiger partial charge in [0.2, 0.25) is 5.91 Å². The number of imidazole rings is 1. The van der Waals surface area contributed by atoms with E-state index in [1.807, 2.05) is 24.3 Å². The smallest absolute Gasteiger partial charge is 0.240 e. The van der Waals surface area contributed by atoms with Gasteiger partial charge in [-0.15, -0.1) is 0 Å². The number of carbonyl (C=O) groups is 1. The number of hydrogen-bond acceptors (Lipinski definition) is 3. The van der Waals surface area contributed by atoms with Gasteiger partial charge < -0.3 is 16.0 Å². The van der Waals surface area contributed by atoms with Crippen molar-refractivity contribution in [1.29, 1.82) is 0 Å². The summed E-state index contributed by atoms with van der Waals surface area (Å²) >= 11 is 0. The molecular formula is C13H16N4O. The van der Waals surface area contributed by atoms with Gasteiger partial charge in [0.15, 0.2) is 0 Å². The summed E-state index contributed by atoms with van der Waals surface area (Å²) in [5.41, 5.74) is 12.9. The lowest BCUT2D eigenvalue weighted by atomic mass is 10.1. The minimum absolute atomic E-state index is 0.379. The summed E-state index contributed by atoms with van der Waals surface area (Å²) in [5.74, 6) is 0.398. The third-order valence-electron chi connectivity index (χ3n) is 2.98. The zero-order chi connectivity index (χ0) is 13.1. The molecule has 1 aromatic carbocycles. The maximum atomic E-state index is 11.2. The molecule has 2 aromatic rings. The van der Waals surface area contributed by atoms with Gasteiger partial charge in [-0.1, -0.05) is 18.2 Å². The van der Waals surface area contributed by atoms with E-state index in [-0.39, 0.29) is 5.91 Å². The van der Waals surface area contributed by atoms with Crippen LogP contribution in [0.3, 0.4) is 0 Å². The van der Waals surface area contributed by atoms with Crippen molar-refractivity contribution in [2.24, 2.45) is 5.73 Å². The number of primary amides is 1. The van der Waals surface area contributed by atoms with Crippen molar-refractivity contribution >= 4 is 11.6 Å². The first kappa shape index (κ1) is 12.2. The Hall–Kier alpha value is -2.30. The molecule has 0 fully saturated rings. The highest BCUT2D eigenvalue weighted by molar-refractivity contribution is 5.78. The molecule has 1 aromatic heterocycles. The van der Waals surface area contributed by atoms with Crippen molar-refractivity contribution in [1.82, 2.24) is 9.55 Å². The van der Waals surface area contributed by atoms with Crippen LogP contribution in [0.1, 0.15) is 24.4 Å². The van der Waals surface area contributed by atoms with Crippen molar-refractivity contribution in [2.75, 3.05) is 5.73 Å². The Morgan fingerprint density at radius 3 is 2.83 bits per heavy atom. The minimum atomic E-state index is -0.410. The summed E-state index contributed by atoms with van der Waals surface area (Å²) in [5, 5.41) is 0. The van der Waals surface area contributed by atoms with Gasteiger partial charge in [0, 0.05) is 24.5 Å². The third-order valence-corrected chi connectivity index (χ3v) is 2.98. The summed E-state index contributed by atoms with van der Waals surface area (Å²) in [6.45, 7) is 1.75. The van der Waals surface area contributed by atoms with Crippen LogP contribution >= 0.6 is 0 Å². The number of benzene rings is 1. The molecule has 4 N–H and O–H groups in total. The molecule has 0 bridgehead atoms. The molecule has 1 heterocycles. The van der Waals surface area contributed by atoms with Gasteiger partial charge in [0.05, 0.1) is 0 Å². The van der Waals surface area contributed by atoms with Crippen LogP contribution in [-0.4, -0.2) is 15.5 Å². The molecule has 0 aliphatic rings. The number of amides is 1. The summed E-state index contributed by atoms with van der Waals surface area (Å²) in [6.07, 6.45) is 4.00. The summed E-state index contributed by atoms with van der Waals surface area (Å²) in [6, 6.07) is 7.20. The van der Waals surface area contributed by atoms with Gasteiger partial charge >= 0.3 is 0 Å². The van der Waals surface area contributed by atoms with Gasteiger partial charge in [-0.05, 0) is 18.6 Å². The van der Waals surface area contributed by atoms with Gasteiger partial charge in [-0.2, -0.15) is 0 Å². The van der Waals surface area contributed by atoms with Crippen molar-refractivity contribution in [2.45, 2.75) is 19.4 Å². The molecule has 5 nitrogen and oxygen atoms in total. The van der Waals surface area contributed by atoms with Crippen LogP contribution in [0.4, 0.5) is 5.69 Å². The highest BCUT2D eigenvalue weighted by atomic mass is 16.1. The van der Waals surface area contributed by atoms with Crippen LogP contribution in [0.5, 0.6) is 0 Å². The van der Waals surface area contributed by atoms with Crippen molar-refractivity contribution in [3.63, 3.8) is 0 Å². The molecule has 0 saturated heterocycles. The van der Waals surface area contributed by atoms with Crippen molar-refractivity contribution < 1.29 is 4.79 Å². The molecule has 1 atom stereocenters. The van der Waals surface area contributed by atoms with Gasteiger partial charge in [-0.3, -0.25) is 4.79 Å². The predicted octanol–water partition coefficient (Wildman–Crippen LogP) is 1.10. The van der Waals surface area contributed by atoms with Crippen molar-refractivity contribution in [3.8, 4) is 0 Å². The molecule has 0 saturated carbocycles. The lowest BCUT2D eigenvalue weighted by molar-refractivity contribution is -0.120. The third kappa shape index (κ3) is 2.34. The average Bonchev–Trinajstić information content (AvgIpc) is 2.79. The molecule has 0 radical (unpaired) electrons. The maximum absolute atomic E-state index is 11.2. The number of nitrogen functional groups attached to an aromatic ring is 1. The zero-order valence-corrected chi connectivity index (χ0v) is 10.2. The van der Waals surface area contributed by atoms with E-state index in [9.17, 15) is 4.79 Å². The van der Waals surface area contributed by atoms with E-state index in [2.05, 4.69) is 4.98 Å². The number of rotatable bonds is 4. The summed E-state index contributed by atoms with van der Waals surface area (Å²) < 4.78 is 1.77. The topological polar surface area (TPSA) is 86.9 Å². The van der Waals surface area contributed by atoms with E-state index < -0.39 is 6.04 Å². The molecule has 2 rings (SSSR count). The average molecular weight is 244 g/mol. The molecular weight excluding hydrogens is 228 g/mol. The largest absolute Gasteiger partial charge is 0.398 e. The monoisotopic (exact) mass is 244 g/mol. The van der Waals surface area contributed by atoms with Gasteiger partial charge in [0.1, 0.15) is 11.9 Å². The Morgan fingerprint density at radius 2 is 2.17 bits per heavy atom. The number of aromatic nitrogens is 2. The minimum Gasteiger partial charge on any atom is -0.398 e. The lowest BCUT2D eigenvalue weighted by Gasteiger charge is -2.13. The lowest BCUT2D eigenvalue weighted by Crippen LogP contribution is -2.25. The molecule has 94 valence electrons. The van der Waals surface area contributed by atoms with Crippen LogP contribution in [0.25, 0.3) is 0 Å². The van der Waals surface area contributed by atoms with Gasteiger partial charge in [-0.25, -0.2) is 4.98 Å². The Kier molecular flexibility index (Phi) is 3.32. The second-order valence-corrected chi connectivity index (χ2v) is 4.20.